The first-order valence-corrected chi connectivity index (χ1v) is 8.53. The van der Waals surface area contributed by atoms with E-state index in [1.165, 1.54) is 5.56 Å². The molecule has 2 aromatic carbocycles. The van der Waals surface area contributed by atoms with Crippen LogP contribution in [-0.2, 0) is 0 Å². The van der Waals surface area contributed by atoms with E-state index in [1.807, 2.05) is 41.0 Å². The van der Waals surface area contributed by atoms with Crippen molar-refractivity contribution in [2.24, 2.45) is 0 Å². The van der Waals surface area contributed by atoms with Gasteiger partial charge in [-0.1, -0.05) is 23.7 Å². The zero-order chi connectivity index (χ0) is 16.7. The number of nitrogens with one attached hydrogen (secondary N) is 1. The minimum absolute atomic E-state index is 0.362. The highest BCUT2D eigenvalue weighted by Gasteiger charge is 2.43. The highest BCUT2D eigenvalue weighted by molar-refractivity contribution is 7.71. The van der Waals surface area contributed by atoms with Crippen molar-refractivity contribution in [1.82, 2.24) is 14.8 Å². The van der Waals surface area contributed by atoms with Gasteiger partial charge in [0.2, 0.25) is 0 Å². The topological polar surface area (TPSA) is 42.8 Å². The number of halogens is 1. The van der Waals surface area contributed by atoms with Gasteiger partial charge in [0.15, 0.2) is 4.77 Å². The molecule has 0 saturated heterocycles. The predicted molar refractivity (Wildman–Crippen MR) is 96.9 cm³/mol. The van der Waals surface area contributed by atoms with Crippen LogP contribution in [0.5, 0.6) is 5.75 Å². The van der Waals surface area contributed by atoms with Crippen LogP contribution in [0.25, 0.3) is 5.69 Å². The Hall–Kier alpha value is -2.11. The van der Waals surface area contributed by atoms with Crippen LogP contribution in [0.1, 0.15) is 29.6 Å². The highest BCUT2D eigenvalue weighted by atomic mass is 35.5. The Morgan fingerprint density at radius 3 is 2.50 bits per heavy atom. The summed E-state index contributed by atoms with van der Waals surface area (Å²) >= 11 is 11.4. The maximum atomic E-state index is 5.98. The van der Waals surface area contributed by atoms with Crippen molar-refractivity contribution >= 4 is 23.8 Å². The fourth-order valence-electron chi connectivity index (χ4n) is 3.10. The summed E-state index contributed by atoms with van der Waals surface area (Å²) in [6, 6.07) is 15.9. The van der Waals surface area contributed by atoms with E-state index in [9.17, 15) is 0 Å². The van der Waals surface area contributed by atoms with Crippen LogP contribution >= 0.6 is 23.8 Å². The first kappa shape index (κ1) is 15.4. The standard InChI is InChI=1S/C18H16ClN3OS/c1-23-14-8-6-13(7-9-14)22-17(20-21-18(22)24)16-10-15(16)11-2-4-12(19)5-3-11/h2-9,15-16H,10H2,1H3,(H,21,24)/t15-,16+/m1/s1. The molecule has 1 N–H and O–H groups in total. The van der Waals surface area contributed by atoms with Crippen LogP contribution in [0.3, 0.4) is 0 Å². The summed E-state index contributed by atoms with van der Waals surface area (Å²) < 4.78 is 7.84. The third-order valence-corrected chi connectivity index (χ3v) is 4.97. The SMILES string of the molecule is COc1ccc(-n2c([C@H]3C[C@@H]3c3ccc(Cl)cc3)n[nH]c2=S)cc1. The summed E-state index contributed by atoms with van der Waals surface area (Å²) in [5.74, 6) is 2.62. The third kappa shape index (κ3) is 2.74. The Morgan fingerprint density at radius 1 is 1.12 bits per heavy atom. The largest absolute Gasteiger partial charge is 0.497 e. The van der Waals surface area contributed by atoms with Gasteiger partial charge in [-0.05, 0) is 66.5 Å². The van der Waals surface area contributed by atoms with Crippen LogP contribution in [0.4, 0.5) is 0 Å². The number of ether oxygens (including phenoxy) is 1. The zero-order valence-electron chi connectivity index (χ0n) is 13.1. The number of rotatable bonds is 4. The smallest absolute Gasteiger partial charge is 0.199 e. The van der Waals surface area contributed by atoms with Gasteiger partial charge in [0, 0.05) is 16.6 Å². The molecule has 0 unspecified atom stereocenters. The lowest BCUT2D eigenvalue weighted by Gasteiger charge is -2.08. The second kappa shape index (κ2) is 6.07. The summed E-state index contributed by atoms with van der Waals surface area (Å²) in [6.45, 7) is 0. The maximum absolute atomic E-state index is 5.98. The van der Waals surface area contributed by atoms with Gasteiger partial charge in [-0.15, -0.1) is 0 Å². The van der Waals surface area contributed by atoms with Crippen molar-refractivity contribution in [2.45, 2.75) is 18.3 Å². The lowest BCUT2D eigenvalue weighted by molar-refractivity contribution is 0.414. The molecule has 0 bridgehead atoms. The van der Waals surface area contributed by atoms with Crippen molar-refractivity contribution in [3.05, 3.63) is 69.7 Å². The van der Waals surface area contributed by atoms with Crippen LogP contribution < -0.4 is 4.74 Å². The number of methoxy groups -OCH3 is 1. The molecular weight excluding hydrogens is 342 g/mol. The van der Waals surface area contributed by atoms with E-state index in [0.29, 0.717) is 16.6 Å². The Labute approximate surface area is 150 Å². The molecule has 1 aromatic heterocycles. The van der Waals surface area contributed by atoms with E-state index < -0.39 is 0 Å². The highest BCUT2D eigenvalue weighted by Crippen LogP contribution is 2.54. The predicted octanol–water partition coefficient (Wildman–Crippen LogP) is 4.86. The quantitative estimate of drug-likeness (QED) is 0.678. The number of hydrogen-bond acceptors (Lipinski definition) is 3. The fourth-order valence-corrected chi connectivity index (χ4v) is 3.47. The van der Waals surface area contributed by atoms with Gasteiger partial charge in [0.05, 0.1) is 7.11 Å². The van der Waals surface area contributed by atoms with Crippen LogP contribution in [0.15, 0.2) is 48.5 Å². The van der Waals surface area contributed by atoms with E-state index in [1.54, 1.807) is 7.11 Å². The molecule has 0 radical (unpaired) electrons. The van der Waals surface area contributed by atoms with E-state index in [-0.39, 0.29) is 0 Å². The lowest BCUT2D eigenvalue weighted by Crippen LogP contribution is -2.01. The normalized spacial score (nSPS) is 19.2. The minimum atomic E-state index is 0.362. The van der Waals surface area contributed by atoms with E-state index >= 15 is 0 Å². The molecule has 6 heteroatoms. The average molecular weight is 358 g/mol. The molecule has 1 fully saturated rings. The molecule has 24 heavy (non-hydrogen) atoms. The molecule has 0 spiro atoms. The van der Waals surface area contributed by atoms with Crippen molar-refractivity contribution in [3.63, 3.8) is 0 Å². The molecule has 0 amide bonds. The molecule has 1 heterocycles. The van der Waals surface area contributed by atoms with Crippen molar-refractivity contribution < 1.29 is 4.74 Å². The molecule has 4 rings (SSSR count). The molecule has 1 saturated carbocycles. The molecule has 2 atom stereocenters. The molecule has 0 aliphatic heterocycles. The number of H-pyrrole nitrogens is 1. The average Bonchev–Trinajstić information content (AvgIpc) is 3.31. The van der Waals surface area contributed by atoms with Crippen molar-refractivity contribution in [3.8, 4) is 11.4 Å². The molecule has 122 valence electrons. The second-order valence-corrected chi connectivity index (χ2v) is 6.74. The Kier molecular flexibility index (Phi) is 3.90. The van der Waals surface area contributed by atoms with Crippen LogP contribution in [-0.4, -0.2) is 21.9 Å². The number of aromatic amines is 1. The Bertz CT molecular complexity index is 915. The summed E-state index contributed by atoms with van der Waals surface area (Å²) in [4.78, 5) is 0. The van der Waals surface area contributed by atoms with Crippen LogP contribution in [0, 0.1) is 4.77 Å². The van der Waals surface area contributed by atoms with E-state index in [0.717, 1.165) is 28.7 Å². The van der Waals surface area contributed by atoms with Gasteiger partial charge in [0.25, 0.3) is 0 Å². The maximum Gasteiger partial charge on any atom is 0.199 e. The minimum Gasteiger partial charge on any atom is -0.497 e. The van der Waals surface area contributed by atoms with Gasteiger partial charge in [-0.2, -0.15) is 5.10 Å². The van der Waals surface area contributed by atoms with Gasteiger partial charge in [0.1, 0.15) is 11.6 Å². The summed E-state index contributed by atoms with van der Waals surface area (Å²) in [5, 5.41) is 8.17. The number of aromatic nitrogens is 3. The number of benzene rings is 2. The molecular formula is C18H16ClN3OS. The summed E-state index contributed by atoms with van der Waals surface area (Å²) in [6.07, 6.45) is 1.07. The first-order chi connectivity index (χ1) is 11.7. The summed E-state index contributed by atoms with van der Waals surface area (Å²) in [7, 11) is 1.66. The van der Waals surface area contributed by atoms with Gasteiger partial charge >= 0.3 is 0 Å². The molecule has 3 aromatic rings. The van der Waals surface area contributed by atoms with Gasteiger partial charge in [-0.25, -0.2) is 0 Å². The summed E-state index contributed by atoms with van der Waals surface area (Å²) in [5.41, 5.74) is 2.28. The Balaban J connectivity index is 1.66. The third-order valence-electron chi connectivity index (χ3n) is 4.45. The zero-order valence-corrected chi connectivity index (χ0v) is 14.6. The van der Waals surface area contributed by atoms with E-state index in [2.05, 4.69) is 22.3 Å². The monoisotopic (exact) mass is 357 g/mol. The van der Waals surface area contributed by atoms with Crippen LogP contribution in [0.2, 0.25) is 5.02 Å². The molecule has 1 aliphatic rings. The lowest BCUT2D eigenvalue weighted by atomic mass is 10.1. The molecule has 4 nitrogen and oxygen atoms in total. The van der Waals surface area contributed by atoms with E-state index in [4.69, 9.17) is 28.6 Å². The fraction of sp³-hybridized carbons (Fsp3) is 0.222. The van der Waals surface area contributed by atoms with Crippen molar-refractivity contribution in [1.29, 1.82) is 0 Å². The number of hydrogen-bond donors (Lipinski definition) is 1. The first-order valence-electron chi connectivity index (χ1n) is 7.74. The second-order valence-electron chi connectivity index (χ2n) is 5.92. The van der Waals surface area contributed by atoms with Gasteiger partial charge in [-0.3, -0.25) is 9.67 Å². The van der Waals surface area contributed by atoms with Crippen molar-refractivity contribution in [2.75, 3.05) is 7.11 Å². The number of nitrogens with zero attached hydrogens (tertiary/aromatic N) is 2. The van der Waals surface area contributed by atoms with Gasteiger partial charge < -0.3 is 4.74 Å². The molecule has 1 aliphatic carbocycles. The Morgan fingerprint density at radius 2 is 1.83 bits per heavy atom.